The van der Waals surface area contributed by atoms with Crippen LogP contribution in [0.25, 0.3) is 0 Å². The molecule has 0 unspecified atom stereocenters. The van der Waals surface area contributed by atoms with Crippen molar-refractivity contribution in [3.8, 4) is 5.75 Å². The Bertz CT molecular complexity index is 688. The number of anilines is 1. The SMILES string of the molecule is NC(=NCCc1ccc(Br)s1)Nc1ccccc1OC(F)(F)F. The highest BCUT2D eigenvalue weighted by Gasteiger charge is 2.32. The lowest BCUT2D eigenvalue weighted by Crippen LogP contribution is -2.24. The molecule has 9 heteroatoms. The van der Waals surface area contributed by atoms with Gasteiger partial charge in [-0.25, -0.2) is 0 Å². The molecule has 124 valence electrons. The van der Waals surface area contributed by atoms with E-state index in [-0.39, 0.29) is 17.4 Å². The quantitative estimate of drug-likeness (QED) is 0.571. The minimum absolute atomic E-state index is 0.0267. The second-order valence-corrected chi connectivity index (χ2v) is 6.94. The molecule has 2 rings (SSSR count). The number of benzene rings is 1. The number of guanidine groups is 1. The van der Waals surface area contributed by atoms with E-state index in [1.807, 2.05) is 12.1 Å². The Hall–Kier alpha value is -1.74. The summed E-state index contributed by atoms with van der Waals surface area (Å²) in [6, 6.07) is 9.55. The smallest absolute Gasteiger partial charge is 0.404 e. The molecule has 3 N–H and O–H groups in total. The lowest BCUT2D eigenvalue weighted by Gasteiger charge is -2.14. The van der Waals surface area contributed by atoms with Gasteiger partial charge in [-0.1, -0.05) is 12.1 Å². The van der Waals surface area contributed by atoms with Crippen LogP contribution in [0, 0.1) is 0 Å². The first kappa shape index (κ1) is 17.6. The van der Waals surface area contributed by atoms with Gasteiger partial charge in [0.05, 0.1) is 9.47 Å². The van der Waals surface area contributed by atoms with Crippen molar-refractivity contribution < 1.29 is 17.9 Å². The summed E-state index contributed by atoms with van der Waals surface area (Å²) in [5, 5.41) is 2.62. The number of rotatable bonds is 5. The lowest BCUT2D eigenvalue weighted by atomic mass is 10.3. The Morgan fingerprint density at radius 1 is 1.26 bits per heavy atom. The molecule has 1 aromatic heterocycles. The second kappa shape index (κ2) is 7.69. The summed E-state index contributed by atoms with van der Waals surface area (Å²) in [6.07, 6.45) is -4.07. The van der Waals surface area contributed by atoms with Gasteiger partial charge in [0.2, 0.25) is 0 Å². The molecule has 0 aliphatic carbocycles. The number of halogens is 4. The first-order valence-electron chi connectivity index (χ1n) is 6.49. The monoisotopic (exact) mass is 407 g/mol. The van der Waals surface area contributed by atoms with Gasteiger partial charge in [-0.15, -0.1) is 24.5 Å². The molecule has 0 radical (unpaired) electrons. The molecule has 0 spiro atoms. The van der Waals surface area contributed by atoms with Crippen molar-refractivity contribution in [3.05, 3.63) is 45.1 Å². The molecule has 0 atom stereocenters. The van der Waals surface area contributed by atoms with E-state index in [0.29, 0.717) is 13.0 Å². The highest BCUT2D eigenvalue weighted by molar-refractivity contribution is 9.11. The van der Waals surface area contributed by atoms with E-state index in [2.05, 4.69) is 31.0 Å². The zero-order valence-corrected chi connectivity index (χ0v) is 14.1. The molecule has 4 nitrogen and oxygen atoms in total. The van der Waals surface area contributed by atoms with Gasteiger partial charge in [0, 0.05) is 17.8 Å². The van der Waals surface area contributed by atoms with Gasteiger partial charge in [0.1, 0.15) is 0 Å². The van der Waals surface area contributed by atoms with Crippen molar-refractivity contribution in [3.63, 3.8) is 0 Å². The summed E-state index contributed by atoms with van der Waals surface area (Å²) < 4.78 is 42.0. The van der Waals surface area contributed by atoms with E-state index >= 15 is 0 Å². The van der Waals surface area contributed by atoms with Crippen molar-refractivity contribution in [1.82, 2.24) is 0 Å². The van der Waals surface area contributed by atoms with Gasteiger partial charge < -0.3 is 15.8 Å². The Morgan fingerprint density at radius 3 is 2.65 bits per heavy atom. The van der Waals surface area contributed by atoms with Gasteiger partial charge in [0.25, 0.3) is 0 Å². The second-order valence-electron chi connectivity index (χ2n) is 4.39. The number of hydrogen-bond acceptors (Lipinski definition) is 3. The fourth-order valence-corrected chi connectivity index (χ4v) is 3.21. The van der Waals surface area contributed by atoms with E-state index < -0.39 is 6.36 Å². The number of nitrogens with two attached hydrogens (primary N) is 1. The first-order chi connectivity index (χ1) is 10.8. The first-order valence-corrected chi connectivity index (χ1v) is 8.10. The molecule has 0 fully saturated rings. The fraction of sp³-hybridized carbons (Fsp3) is 0.214. The normalized spacial score (nSPS) is 12.3. The highest BCUT2D eigenvalue weighted by Crippen LogP contribution is 2.29. The zero-order chi connectivity index (χ0) is 16.9. The zero-order valence-electron chi connectivity index (χ0n) is 11.7. The highest BCUT2D eigenvalue weighted by atomic mass is 79.9. The van der Waals surface area contributed by atoms with Crippen molar-refractivity contribution >= 4 is 38.9 Å². The number of ether oxygens (including phenoxy) is 1. The Labute approximate surface area is 143 Å². The topological polar surface area (TPSA) is 59.6 Å². The number of nitrogens with one attached hydrogen (secondary N) is 1. The summed E-state index contributed by atoms with van der Waals surface area (Å²) in [6.45, 7) is 0.425. The Morgan fingerprint density at radius 2 is 2.00 bits per heavy atom. The molecule has 2 aromatic rings. The lowest BCUT2D eigenvalue weighted by molar-refractivity contribution is -0.274. The minimum atomic E-state index is -4.77. The molecule has 0 saturated heterocycles. The van der Waals surface area contributed by atoms with E-state index in [4.69, 9.17) is 5.73 Å². The van der Waals surface area contributed by atoms with Crippen LogP contribution in [-0.2, 0) is 6.42 Å². The number of aliphatic imine (C=N–C) groups is 1. The Balaban J connectivity index is 1.96. The maximum Gasteiger partial charge on any atom is 0.573 e. The fourth-order valence-electron chi connectivity index (χ4n) is 1.73. The molecule has 0 amide bonds. The van der Waals surface area contributed by atoms with Crippen molar-refractivity contribution in [1.29, 1.82) is 0 Å². The van der Waals surface area contributed by atoms with Crippen LogP contribution in [0.3, 0.4) is 0 Å². The summed E-state index contributed by atoms with van der Waals surface area (Å²) in [4.78, 5) is 5.23. The van der Waals surface area contributed by atoms with E-state index in [1.165, 1.54) is 18.2 Å². The summed E-state index contributed by atoms with van der Waals surface area (Å²) in [7, 11) is 0. The molecule has 0 aliphatic heterocycles. The van der Waals surface area contributed by atoms with Crippen LogP contribution in [0.5, 0.6) is 5.75 Å². The average molecular weight is 408 g/mol. The maximum absolute atomic E-state index is 12.3. The molecule has 0 saturated carbocycles. The third kappa shape index (κ3) is 6.11. The summed E-state index contributed by atoms with van der Waals surface area (Å²) >= 11 is 4.96. The molecule has 0 aliphatic rings. The largest absolute Gasteiger partial charge is 0.573 e. The van der Waals surface area contributed by atoms with Crippen LogP contribution < -0.4 is 15.8 Å². The standard InChI is InChI=1S/C14H13BrF3N3OS/c15-12-6-5-9(23-12)7-8-20-13(19)21-10-3-1-2-4-11(10)22-14(16,17)18/h1-6H,7-8H2,(H3,19,20,21). The third-order valence-electron chi connectivity index (χ3n) is 2.64. The van der Waals surface area contributed by atoms with E-state index in [9.17, 15) is 13.2 Å². The van der Waals surface area contributed by atoms with Crippen LogP contribution in [0.15, 0.2) is 45.2 Å². The molecular formula is C14H13BrF3N3OS. The summed E-state index contributed by atoms with van der Waals surface area (Å²) in [5.74, 6) is -0.334. The number of alkyl halides is 3. The maximum atomic E-state index is 12.3. The van der Waals surface area contributed by atoms with Crippen LogP contribution >= 0.6 is 27.3 Å². The number of hydrogen-bond donors (Lipinski definition) is 2. The van der Waals surface area contributed by atoms with Gasteiger partial charge in [0.15, 0.2) is 11.7 Å². The molecular weight excluding hydrogens is 395 g/mol. The Kier molecular flexibility index (Phi) is 5.89. The van der Waals surface area contributed by atoms with Crippen LogP contribution in [0.4, 0.5) is 18.9 Å². The van der Waals surface area contributed by atoms with Crippen molar-refractivity contribution in [2.24, 2.45) is 10.7 Å². The van der Waals surface area contributed by atoms with Gasteiger partial charge in [-0.05, 0) is 40.2 Å². The minimum Gasteiger partial charge on any atom is -0.404 e. The van der Waals surface area contributed by atoms with Gasteiger partial charge in [-0.3, -0.25) is 4.99 Å². The third-order valence-corrected chi connectivity index (χ3v) is 4.33. The number of para-hydroxylation sites is 2. The molecule has 1 aromatic carbocycles. The average Bonchev–Trinajstić information content (AvgIpc) is 2.85. The summed E-state index contributed by atoms with van der Waals surface area (Å²) in [5.41, 5.74) is 5.81. The van der Waals surface area contributed by atoms with Crippen molar-refractivity contribution in [2.45, 2.75) is 12.8 Å². The number of thiophene rings is 1. The van der Waals surface area contributed by atoms with E-state index in [1.54, 1.807) is 17.4 Å². The van der Waals surface area contributed by atoms with E-state index in [0.717, 1.165) is 8.66 Å². The predicted octanol–water partition coefficient (Wildman–Crippen LogP) is 4.38. The molecule has 23 heavy (non-hydrogen) atoms. The van der Waals surface area contributed by atoms with Crippen LogP contribution in [0.2, 0.25) is 0 Å². The predicted molar refractivity (Wildman–Crippen MR) is 89.0 cm³/mol. The number of nitrogens with zero attached hydrogens (tertiary/aromatic N) is 1. The van der Waals surface area contributed by atoms with Gasteiger partial charge in [-0.2, -0.15) is 0 Å². The van der Waals surface area contributed by atoms with Crippen molar-refractivity contribution in [2.75, 3.05) is 11.9 Å². The molecule has 1 heterocycles. The van der Waals surface area contributed by atoms with Crippen LogP contribution in [-0.4, -0.2) is 18.9 Å². The van der Waals surface area contributed by atoms with Crippen LogP contribution in [0.1, 0.15) is 4.88 Å². The van der Waals surface area contributed by atoms with Gasteiger partial charge >= 0.3 is 6.36 Å². The molecule has 0 bridgehead atoms.